The maximum atomic E-state index is 11.8. The lowest BCUT2D eigenvalue weighted by Gasteiger charge is -2.30. The van der Waals surface area contributed by atoms with Gasteiger partial charge in [-0.05, 0) is 42.2 Å². The van der Waals surface area contributed by atoms with Crippen molar-refractivity contribution in [2.45, 2.75) is 51.6 Å². The second kappa shape index (κ2) is 6.80. The van der Waals surface area contributed by atoms with E-state index in [1.54, 1.807) is 0 Å². The van der Waals surface area contributed by atoms with E-state index in [-0.39, 0.29) is 17.4 Å². The fourth-order valence-electron chi connectivity index (χ4n) is 4.44. The number of aromatic nitrogens is 3. The lowest BCUT2D eigenvalue weighted by atomic mass is 9.86. The van der Waals surface area contributed by atoms with Crippen LogP contribution in [0.4, 0.5) is 11.6 Å². The molecule has 2 aliphatic heterocycles. The van der Waals surface area contributed by atoms with Crippen LogP contribution >= 0.6 is 0 Å². The SMILES string of the molecule is CC(C)(C)c1nn2c(N3CCC(O)CC3)nccc2c1-c1ccc2c(c1)CC(=O)N2. The van der Waals surface area contributed by atoms with Crippen LogP contribution in [0.5, 0.6) is 0 Å². The lowest BCUT2D eigenvalue weighted by molar-refractivity contribution is -0.115. The number of hydrogen-bond acceptors (Lipinski definition) is 5. The number of piperidine rings is 1. The van der Waals surface area contributed by atoms with Crippen molar-refractivity contribution in [2.75, 3.05) is 23.3 Å². The normalized spacial score (nSPS) is 17.5. The molecule has 0 spiro atoms. The van der Waals surface area contributed by atoms with Gasteiger partial charge in [-0.2, -0.15) is 9.61 Å². The minimum absolute atomic E-state index is 0.0387. The van der Waals surface area contributed by atoms with Gasteiger partial charge in [0, 0.05) is 36.0 Å². The molecule has 2 N–H and O–H groups in total. The molecule has 1 fully saturated rings. The van der Waals surface area contributed by atoms with Crippen molar-refractivity contribution in [2.24, 2.45) is 0 Å². The lowest BCUT2D eigenvalue weighted by Crippen LogP contribution is -2.37. The van der Waals surface area contributed by atoms with Crippen LogP contribution in [0.15, 0.2) is 30.5 Å². The molecule has 0 atom stereocenters. The molecule has 5 rings (SSSR count). The van der Waals surface area contributed by atoms with Crippen molar-refractivity contribution in [1.29, 1.82) is 0 Å². The summed E-state index contributed by atoms with van der Waals surface area (Å²) in [5.41, 5.74) is 5.92. The fourth-order valence-corrected chi connectivity index (χ4v) is 4.44. The van der Waals surface area contributed by atoms with Crippen LogP contribution in [-0.4, -0.2) is 44.8 Å². The second-order valence-corrected chi connectivity index (χ2v) is 9.33. The number of fused-ring (bicyclic) bond motifs is 2. The molecule has 0 aliphatic carbocycles. The summed E-state index contributed by atoms with van der Waals surface area (Å²) in [5, 5.41) is 17.8. The summed E-state index contributed by atoms with van der Waals surface area (Å²) < 4.78 is 1.95. The Morgan fingerprint density at radius 1 is 1.17 bits per heavy atom. The van der Waals surface area contributed by atoms with Gasteiger partial charge in [-0.15, -0.1) is 0 Å². The third-order valence-electron chi connectivity index (χ3n) is 6.01. The van der Waals surface area contributed by atoms with Gasteiger partial charge in [-0.3, -0.25) is 4.79 Å². The van der Waals surface area contributed by atoms with E-state index < -0.39 is 0 Å². The van der Waals surface area contributed by atoms with Crippen molar-refractivity contribution in [3.63, 3.8) is 0 Å². The standard InChI is InChI=1S/C23H27N5O2/c1-23(2,3)21-20(14-4-5-17-15(12-14)13-19(30)25-17)18-6-9-24-22(28(18)26-21)27-10-7-16(29)8-11-27/h4-6,9,12,16,29H,7-8,10-11,13H2,1-3H3,(H,25,30). The highest BCUT2D eigenvalue weighted by Gasteiger charge is 2.29. The van der Waals surface area contributed by atoms with Gasteiger partial charge in [-0.1, -0.05) is 26.8 Å². The molecule has 4 heterocycles. The Morgan fingerprint density at radius 2 is 1.93 bits per heavy atom. The smallest absolute Gasteiger partial charge is 0.228 e. The van der Waals surface area contributed by atoms with Gasteiger partial charge in [0.25, 0.3) is 0 Å². The van der Waals surface area contributed by atoms with Crippen LogP contribution in [0.25, 0.3) is 16.6 Å². The molecular weight excluding hydrogens is 378 g/mol. The fraction of sp³-hybridized carbons (Fsp3) is 0.435. The summed E-state index contributed by atoms with van der Waals surface area (Å²) in [4.78, 5) is 18.7. The molecule has 1 amide bonds. The monoisotopic (exact) mass is 405 g/mol. The van der Waals surface area contributed by atoms with Gasteiger partial charge < -0.3 is 15.3 Å². The number of carbonyl (C=O) groups is 1. The van der Waals surface area contributed by atoms with Crippen molar-refractivity contribution >= 4 is 23.1 Å². The van der Waals surface area contributed by atoms with Crippen LogP contribution in [0.2, 0.25) is 0 Å². The molecule has 2 aliphatic rings. The van der Waals surface area contributed by atoms with E-state index in [4.69, 9.17) is 5.10 Å². The molecule has 2 aromatic heterocycles. The van der Waals surface area contributed by atoms with Crippen LogP contribution in [0.1, 0.15) is 44.9 Å². The summed E-state index contributed by atoms with van der Waals surface area (Å²) in [5.74, 6) is 0.853. The van der Waals surface area contributed by atoms with Crippen LogP contribution < -0.4 is 10.2 Å². The molecule has 7 nitrogen and oxygen atoms in total. The zero-order chi connectivity index (χ0) is 21.0. The Bertz CT molecular complexity index is 1140. The first kappa shape index (κ1) is 19.1. The molecule has 0 unspecified atom stereocenters. The molecule has 3 aromatic rings. The topological polar surface area (TPSA) is 82.8 Å². The van der Waals surface area contributed by atoms with Gasteiger partial charge in [0.15, 0.2) is 0 Å². The molecule has 30 heavy (non-hydrogen) atoms. The minimum atomic E-state index is -0.235. The van der Waals surface area contributed by atoms with E-state index in [0.717, 1.165) is 65.5 Å². The maximum absolute atomic E-state index is 11.8. The van der Waals surface area contributed by atoms with Crippen LogP contribution in [0.3, 0.4) is 0 Å². The van der Waals surface area contributed by atoms with E-state index >= 15 is 0 Å². The Hall–Kier alpha value is -2.93. The number of amides is 1. The first-order valence-electron chi connectivity index (χ1n) is 10.6. The number of nitrogens with one attached hydrogen (secondary N) is 1. The molecule has 1 aromatic carbocycles. The Balaban J connectivity index is 1.69. The number of benzene rings is 1. The van der Waals surface area contributed by atoms with Crippen molar-refractivity contribution in [1.82, 2.24) is 14.6 Å². The summed E-state index contributed by atoms with van der Waals surface area (Å²) in [7, 11) is 0. The van der Waals surface area contributed by atoms with Crippen molar-refractivity contribution in [3.8, 4) is 11.1 Å². The molecular formula is C23H27N5O2. The highest BCUT2D eigenvalue weighted by atomic mass is 16.3. The van der Waals surface area contributed by atoms with E-state index in [1.807, 2.05) is 22.8 Å². The highest BCUT2D eigenvalue weighted by Crippen LogP contribution is 2.39. The third-order valence-corrected chi connectivity index (χ3v) is 6.01. The minimum Gasteiger partial charge on any atom is -0.393 e. The average Bonchev–Trinajstić information content (AvgIpc) is 3.27. The van der Waals surface area contributed by atoms with Crippen molar-refractivity contribution < 1.29 is 9.90 Å². The van der Waals surface area contributed by atoms with E-state index in [2.05, 4.69) is 48.1 Å². The first-order valence-corrected chi connectivity index (χ1v) is 10.6. The summed E-state index contributed by atoms with van der Waals surface area (Å²) in [6, 6.07) is 8.17. The Labute approximate surface area is 175 Å². The number of hydrogen-bond donors (Lipinski definition) is 2. The number of carbonyl (C=O) groups excluding carboxylic acids is 1. The predicted molar refractivity (Wildman–Crippen MR) is 117 cm³/mol. The molecule has 7 heteroatoms. The average molecular weight is 406 g/mol. The molecule has 1 saturated heterocycles. The highest BCUT2D eigenvalue weighted by molar-refractivity contribution is 6.00. The number of nitrogens with zero attached hydrogens (tertiary/aromatic N) is 4. The van der Waals surface area contributed by atoms with Crippen LogP contribution in [-0.2, 0) is 16.6 Å². The molecule has 0 radical (unpaired) electrons. The number of rotatable bonds is 2. The number of aliphatic hydroxyl groups excluding tert-OH is 1. The van der Waals surface area contributed by atoms with Gasteiger partial charge in [0.05, 0.1) is 23.7 Å². The third kappa shape index (κ3) is 3.13. The largest absolute Gasteiger partial charge is 0.393 e. The second-order valence-electron chi connectivity index (χ2n) is 9.33. The summed E-state index contributed by atoms with van der Waals surface area (Å²) in [6.45, 7) is 8.03. The van der Waals surface area contributed by atoms with Gasteiger partial charge in [-0.25, -0.2) is 4.98 Å². The quantitative estimate of drug-likeness (QED) is 0.684. The first-order chi connectivity index (χ1) is 14.3. The van der Waals surface area contributed by atoms with E-state index in [9.17, 15) is 9.90 Å². The summed E-state index contributed by atoms with van der Waals surface area (Å²) >= 11 is 0. The molecule has 0 saturated carbocycles. The van der Waals surface area contributed by atoms with Crippen LogP contribution in [0, 0.1) is 0 Å². The zero-order valence-corrected chi connectivity index (χ0v) is 17.6. The van der Waals surface area contributed by atoms with Gasteiger partial charge in [0.2, 0.25) is 11.9 Å². The maximum Gasteiger partial charge on any atom is 0.228 e. The molecule has 0 bridgehead atoms. The van der Waals surface area contributed by atoms with Gasteiger partial charge >= 0.3 is 0 Å². The van der Waals surface area contributed by atoms with E-state index in [1.165, 1.54) is 0 Å². The summed E-state index contributed by atoms with van der Waals surface area (Å²) in [6.07, 6.45) is 3.50. The zero-order valence-electron chi connectivity index (χ0n) is 17.6. The number of aliphatic hydroxyl groups is 1. The van der Waals surface area contributed by atoms with Crippen molar-refractivity contribution in [3.05, 3.63) is 41.7 Å². The van der Waals surface area contributed by atoms with Gasteiger partial charge in [0.1, 0.15) is 0 Å². The van der Waals surface area contributed by atoms with E-state index in [0.29, 0.717) is 6.42 Å². The Morgan fingerprint density at radius 3 is 2.67 bits per heavy atom. The molecule has 156 valence electrons. The predicted octanol–water partition coefficient (Wildman–Crippen LogP) is 3.15. The Kier molecular flexibility index (Phi) is 4.32. The number of anilines is 2.